The van der Waals surface area contributed by atoms with Crippen molar-refractivity contribution >= 4 is 0 Å². The minimum absolute atomic E-state index is 0.317. The predicted molar refractivity (Wildman–Crippen MR) is 66.8 cm³/mol. The van der Waals surface area contributed by atoms with Crippen LogP contribution >= 0.6 is 0 Å². The molecule has 94 valence electrons. The normalized spacial score (nSPS) is 24.6. The molecule has 1 aliphatic rings. The van der Waals surface area contributed by atoms with Gasteiger partial charge < -0.3 is 10.1 Å². The van der Waals surface area contributed by atoms with Crippen LogP contribution in [0.2, 0.25) is 0 Å². The van der Waals surface area contributed by atoms with Crippen molar-refractivity contribution in [3.8, 4) is 5.88 Å². The predicted octanol–water partition coefficient (Wildman–Crippen LogP) is 2.15. The monoisotopic (exact) mass is 235 g/mol. The smallest absolute Gasteiger partial charge is 0.232 e. The minimum Gasteiger partial charge on any atom is -0.473 e. The van der Waals surface area contributed by atoms with E-state index >= 15 is 0 Å². The Bertz CT molecular complexity index is 356. The molecule has 0 aromatic carbocycles. The van der Waals surface area contributed by atoms with Gasteiger partial charge in [0.05, 0.1) is 11.9 Å². The lowest BCUT2D eigenvalue weighted by molar-refractivity contribution is 0.123. The van der Waals surface area contributed by atoms with Gasteiger partial charge in [0.1, 0.15) is 6.10 Å². The van der Waals surface area contributed by atoms with E-state index in [4.69, 9.17) is 4.74 Å². The molecule has 4 nitrogen and oxygen atoms in total. The summed E-state index contributed by atoms with van der Waals surface area (Å²) < 4.78 is 5.91. The van der Waals surface area contributed by atoms with E-state index < -0.39 is 0 Å². The summed E-state index contributed by atoms with van der Waals surface area (Å²) in [5.74, 6) is 1.43. The van der Waals surface area contributed by atoms with Gasteiger partial charge in [0.25, 0.3) is 0 Å². The maximum Gasteiger partial charge on any atom is 0.232 e. The summed E-state index contributed by atoms with van der Waals surface area (Å²) in [5, 5.41) is 3.06. The van der Waals surface area contributed by atoms with Crippen molar-refractivity contribution in [2.45, 2.75) is 45.3 Å². The first-order valence-corrected chi connectivity index (χ1v) is 6.40. The molecule has 1 heterocycles. The molecule has 1 N–H and O–H groups in total. The Kier molecular flexibility index (Phi) is 4.31. The van der Waals surface area contributed by atoms with Gasteiger partial charge in [-0.1, -0.05) is 13.3 Å². The zero-order chi connectivity index (χ0) is 12.1. The minimum atomic E-state index is 0.317. The first-order chi connectivity index (χ1) is 8.28. The van der Waals surface area contributed by atoms with Gasteiger partial charge in [-0.05, 0) is 32.2 Å². The lowest BCUT2D eigenvalue weighted by atomic mass is 9.89. The number of ether oxygens (including phenoxy) is 1. The number of nitrogens with zero attached hydrogens (tertiary/aromatic N) is 2. The number of rotatable bonds is 4. The van der Waals surface area contributed by atoms with Crippen molar-refractivity contribution in [1.29, 1.82) is 0 Å². The van der Waals surface area contributed by atoms with Crippen molar-refractivity contribution in [3.05, 3.63) is 18.1 Å². The second-order valence-corrected chi connectivity index (χ2v) is 4.89. The van der Waals surface area contributed by atoms with Crippen LogP contribution in [0.4, 0.5) is 0 Å². The van der Waals surface area contributed by atoms with E-state index in [2.05, 4.69) is 22.2 Å². The number of nitrogens with one attached hydrogen (secondary N) is 1. The molecule has 1 aromatic heterocycles. The van der Waals surface area contributed by atoms with Crippen molar-refractivity contribution in [3.63, 3.8) is 0 Å². The molecule has 0 aliphatic heterocycles. The molecule has 0 spiro atoms. The van der Waals surface area contributed by atoms with Crippen LogP contribution in [0.1, 0.15) is 38.3 Å². The Morgan fingerprint density at radius 1 is 1.41 bits per heavy atom. The van der Waals surface area contributed by atoms with E-state index in [1.165, 1.54) is 12.8 Å². The molecule has 1 aromatic rings. The van der Waals surface area contributed by atoms with Crippen LogP contribution < -0.4 is 10.1 Å². The zero-order valence-electron chi connectivity index (χ0n) is 10.6. The van der Waals surface area contributed by atoms with Gasteiger partial charge in [-0.25, -0.2) is 4.98 Å². The first kappa shape index (κ1) is 12.3. The maximum absolute atomic E-state index is 5.91. The Morgan fingerprint density at radius 2 is 2.29 bits per heavy atom. The maximum atomic E-state index is 5.91. The first-order valence-electron chi connectivity index (χ1n) is 6.40. The molecule has 2 atom stereocenters. The summed E-state index contributed by atoms with van der Waals surface area (Å²) in [6.45, 7) is 3.02. The van der Waals surface area contributed by atoms with Crippen molar-refractivity contribution < 1.29 is 4.74 Å². The Labute approximate surface area is 103 Å². The van der Waals surface area contributed by atoms with Crippen LogP contribution in [0.5, 0.6) is 5.88 Å². The van der Waals surface area contributed by atoms with Gasteiger partial charge in [0.2, 0.25) is 5.88 Å². The van der Waals surface area contributed by atoms with Gasteiger partial charge in [0.15, 0.2) is 0 Å². The summed E-state index contributed by atoms with van der Waals surface area (Å²) in [6.07, 6.45) is 8.66. The highest BCUT2D eigenvalue weighted by molar-refractivity contribution is 5.08. The van der Waals surface area contributed by atoms with Crippen LogP contribution in [-0.2, 0) is 6.54 Å². The lowest BCUT2D eigenvalue weighted by Crippen LogP contribution is -2.24. The number of aromatic nitrogens is 2. The fraction of sp³-hybridized carbons (Fsp3) is 0.692. The molecule has 1 fully saturated rings. The van der Waals surface area contributed by atoms with Crippen LogP contribution in [0.15, 0.2) is 12.4 Å². The lowest BCUT2D eigenvalue weighted by Gasteiger charge is -2.26. The zero-order valence-corrected chi connectivity index (χ0v) is 10.6. The van der Waals surface area contributed by atoms with Gasteiger partial charge in [0, 0.05) is 12.7 Å². The highest BCUT2D eigenvalue weighted by Crippen LogP contribution is 2.26. The Morgan fingerprint density at radius 3 is 3.06 bits per heavy atom. The van der Waals surface area contributed by atoms with Gasteiger partial charge in [-0.15, -0.1) is 0 Å². The molecule has 2 unspecified atom stereocenters. The molecule has 0 amide bonds. The van der Waals surface area contributed by atoms with Crippen LogP contribution in [0.3, 0.4) is 0 Å². The molecular weight excluding hydrogens is 214 g/mol. The second kappa shape index (κ2) is 5.96. The van der Waals surface area contributed by atoms with Crippen molar-refractivity contribution in [2.24, 2.45) is 5.92 Å². The summed E-state index contributed by atoms with van der Waals surface area (Å²) in [7, 11) is 1.90. The standard InChI is InChI=1S/C13H21N3O/c1-10-4-3-5-12(6-10)17-13-9-15-8-11(16-13)7-14-2/h8-10,12,14H,3-7H2,1-2H3. The van der Waals surface area contributed by atoms with E-state index in [-0.39, 0.29) is 0 Å². The molecule has 0 radical (unpaired) electrons. The molecule has 0 saturated heterocycles. The van der Waals surface area contributed by atoms with Crippen molar-refractivity contribution in [1.82, 2.24) is 15.3 Å². The van der Waals surface area contributed by atoms with E-state index in [9.17, 15) is 0 Å². The molecule has 2 rings (SSSR count). The fourth-order valence-electron chi connectivity index (χ4n) is 2.37. The molecule has 4 heteroatoms. The van der Waals surface area contributed by atoms with Crippen LogP contribution in [0.25, 0.3) is 0 Å². The quantitative estimate of drug-likeness (QED) is 0.868. The second-order valence-electron chi connectivity index (χ2n) is 4.89. The number of hydrogen-bond donors (Lipinski definition) is 1. The van der Waals surface area contributed by atoms with E-state index in [1.807, 2.05) is 7.05 Å². The van der Waals surface area contributed by atoms with Gasteiger partial charge in [-0.2, -0.15) is 0 Å². The third-order valence-electron chi connectivity index (χ3n) is 3.20. The summed E-state index contributed by atoms with van der Waals surface area (Å²) >= 11 is 0. The van der Waals surface area contributed by atoms with Crippen molar-refractivity contribution in [2.75, 3.05) is 7.05 Å². The highest BCUT2D eigenvalue weighted by atomic mass is 16.5. The Hall–Kier alpha value is -1.16. The largest absolute Gasteiger partial charge is 0.473 e. The third kappa shape index (κ3) is 3.66. The third-order valence-corrected chi connectivity index (χ3v) is 3.20. The van der Waals surface area contributed by atoms with E-state index in [0.717, 1.165) is 31.0 Å². The van der Waals surface area contributed by atoms with E-state index in [1.54, 1.807) is 12.4 Å². The molecule has 1 aliphatic carbocycles. The topological polar surface area (TPSA) is 47.0 Å². The highest BCUT2D eigenvalue weighted by Gasteiger charge is 2.20. The average molecular weight is 235 g/mol. The van der Waals surface area contributed by atoms with Crippen LogP contribution in [-0.4, -0.2) is 23.1 Å². The molecule has 0 bridgehead atoms. The van der Waals surface area contributed by atoms with E-state index in [0.29, 0.717) is 12.0 Å². The molecule has 17 heavy (non-hydrogen) atoms. The summed E-state index contributed by atoms with van der Waals surface area (Å²) in [5.41, 5.74) is 0.925. The summed E-state index contributed by atoms with van der Waals surface area (Å²) in [6, 6.07) is 0. The Balaban J connectivity index is 1.95. The molecule has 1 saturated carbocycles. The SMILES string of the molecule is CNCc1cncc(OC2CCCC(C)C2)n1. The van der Waals surface area contributed by atoms with Crippen LogP contribution in [0, 0.1) is 5.92 Å². The summed E-state index contributed by atoms with van der Waals surface area (Å²) in [4.78, 5) is 8.59. The van der Waals surface area contributed by atoms with Gasteiger partial charge >= 0.3 is 0 Å². The number of hydrogen-bond acceptors (Lipinski definition) is 4. The average Bonchev–Trinajstić information content (AvgIpc) is 2.30. The fourth-order valence-corrected chi connectivity index (χ4v) is 2.37. The molecular formula is C13H21N3O. The van der Waals surface area contributed by atoms with Gasteiger partial charge in [-0.3, -0.25) is 4.98 Å².